The zero-order valence-corrected chi connectivity index (χ0v) is 15.3. The smallest absolute Gasteiger partial charge is 0.256 e. The van der Waals surface area contributed by atoms with Crippen molar-refractivity contribution < 1.29 is 14.7 Å². The zero-order valence-electron chi connectivity index (χ0n) is 15.3. The number of carbonyl (C=O) groups is 2. The first kappa shape index (κ1) is 17.7. The molecule has 0 saturated carbocycles. The van der Waals surface area contributed by atoms with Crippen molar-refractivity contribution in [3.05, 3.63) is 66.0 Å². The number of aliphatic hydroxyl groups excluding tert-OH is 1. The maximum Gasteiger partial charge on any atom is 0.256 e. The van der Waals surface area contributed by atoms with Gasteiger partial charge in [0.1, 0.15) is 0 Å². The van der Waals surface area contributed by atoms with Crippen LogP contribution in [0.5, 0.6) is 0 Å². The highest BCUT2D eigenvalue weighted by atomic mass is 16.3. The molecule has 140 valence electrons. The molecule has 2 aromatic rings. The number of nitrogens with zero attached hydrogens (tertiary/aromatic N) is 3. The minimum atomic E-state index is -0.466. The third-order valence-corrected chi connectivity index (χ3v) is 5.83. The molecule has 2 aliphatic heterocycles. The number of likely N-dealkylation sites (tertiary alicyclic amines) is 2. The predicted molar refractivity (Wildman–Crippen MR) is 100 cm³/mol. The molecule has 2 atom stereocenters. The lowest BCUT2D eigenvalue weighted by Gasteiger charge is -2.70. The summed E-state index contributed by atoms with van der Waals surface area (Å²) in [4.78, 5) is 33.0. The van der Waals surface area contributed by atoms with Crippen LogP contribution in [0.1, 0.15) is 35.2 Å². The van der Waals surface area contributed by atoms with Gasteiger partial charge in [0, 0.05) is 37.8 Å². The Morgan fingerprint density at radius 2 is 1.93 bits per heavy atom. The van der Waals surface area contributed by atoms with Gasteiger partial charge in [-0.1, -0.05) is 37.3 Å². The normalized spacial score (nSPS) is 22.9. The summed E-state index contributed by atoms with van der Waals surface area (Å²) in [7, 11) is 0. The molecule has 4 rings (SSSR count). The molecule has 0 unspecified atom stereocenters. The Hall–Kier alpha value is -2.73. The van der Waals surface area contributed by atoms with E-state index < -0.39 is 5.54 Å². The van der Waals surface area contributed by atoms with Gasteiger partial charge in [-0.15, -0.1) is 0 Å². The number of carbonyl (C=O) groups excluding carboxylic acids is 2. The Labute approximate surface area is 158 Å². The van der Waals surface area contributed by atoms with E-state index in [1.165, 1.54) is 0 Å². The largest absolute Gasteiger partial charge is 0.394 e. The van der Waals surface area contributed by atoms with Gasteiger partial charge in [-0.3, -0.25) is 14.6 Å². The third kappa shape index (κ3) is 2.63. The molecule has 0 bridgehead atoms. The van der Waals surface area contributed by atoms with E-state index >= 15 is 0 Å². The summed E-state index contributed by atoms with van der Waals surface area (Å²) in [6.45, 7) is 2.73. The van der Waals surface area contributed by atoms with Gasteiger partial charge in [-0.05, 0) is 17.7 Å². The van der Waals surface area contributed by atoms with Crippen LogP contribution in [0, 0.1) is 0 Å². The Morgan fingerprint density at radius 3 is 2.52 bits per heavy atom. The van der Waals surface area contributed by atoms with E-state index in [4.69, 9.17) is 0 Å². The summed E-state index contributed by atoms with van der Waals surface area (Å²) >= 11 is 0. The first-order valence-corrected chi connectivity index (χ1v) is 9.29. The minimum Gasteiger partial charge on any atom is -0.394 e. The topological polar surface area (TPSA) is 73.7 Å². The molecular weight excluding hydrogens is 342 g/mol. The lowest BCUT2D eigenvalue weighted by molar-refractivity contribution is -0.178. The molecule has 2 saturated heterocycles. The number of aliphatic hydroxyl groups is 1. The first-order valence-electron chi connectivity index (χ1n) is 9.29. The second-order valence-electron chi connectivity index (χ2n) is 7.26. The number of rotatable bonds is 4. The summed E-state index contributed by atoms with van der Waals surface area (Å²) < 4.78 is 0. The fraction of sp³-hybridized carbons (Fsp3) is 0.381. The first-order chi connectivity index (χ1) is 13.1. The van der Waals surface area contributed by atoms with Crippen LogP contribution in [0.25, 0.3) is 0 Å². The van der Waals surface area contributed by atoms with Crippen LogP contribution in [-0.4, -0.2) is 63.0 Å². The Balaban J connectivity index is 1.69. The summed E-state index contributed by atoms with van der Waals surface area (Å²) in [6.07, 6.45) is 3.63. The third-order valence-electron chi connectivity index (χ3n) is 5.83. The van der Waals surface area contributed by atoms with Gasteiger partial charge >= 0.3 is 0 Å². The fourth-order valence-corrected chi connectivity index (χ4v) is 4.63. The van der Waals surface area contributed by atoms with Crippen LogP contribution in [0.3, 0.4) is 0 Å². The molecule has 6 nitrogen and oxygen atoms in total. The maximum absolute atomic E-state index is 13.2. The molecule has 1 N–H and O–H groups in total. The Bertz CT molecular complexity index is 834. The van der Waals surface area contributed by atoms with Gasteiger partial charge in [0.2, 0.25) is 5.91 Å². The number of aromatic nitrogens is 1. The van der Waals surface area contributed by atoms with Crippen molar-refractivity contribution in [1.29, 1.82) is 0 Å². The molecule has 1 spiro atoms. The highest BCUT2D eigenvalue weighted by Crippen LogP contribution is 2.54. The number of pyridine rings is 1. The average molecular weight is 365 g/mol. The van der Waals surface area contributed by atoms with Gasteiger partial charge in [-0.25, -0.2) is 0 Å². The van der Waals surface area contributed by atoms with E-state index in [1.807, 2.05) is 37.3 Å². The summed E-state index contributed by atoms with van der Waals surface area (Å²) in [5.74, 6) is -0.0446. The second kappa shape index (κ2) is 6.78. The van der Waals surface area contributed by atoms with Crippen LogP contribution in [-0.2, 0) is 4.79 Å². The second-order valence-corrected chi connectivity index (χ2v) is 7.26. The van der Waals surface area contributed by atoms with Crippen molar-refractivity contribution in [1.82, 2.24) is 14.8 Å². The molecular formula is C21H23N3O3. The highest BCUT2D eigenvalue weighted by molar-refractivity contribution is 5.96. The van der Waals surface area contributed by atoms with Crippen LogP contribution in [0.2, 0.25) is 0 Å². The maximum atomic E-state index is 13.2. The van der Waals surface area contributed by atoms with Crippen molar-refractivity contribution >= 4 is 11.8 Å². The summed E-state index contributed by atoms with van der Waals surface area (Å²) in [5, 5.41) is 10.1. The average Bonchev–Trinajstić information content (AvgIpc) is 2.67. The lowest BCUT2D eigenvalue weighted by atomic mass is 9.60. The molecule has 2 amide bonds. The van der Waals surface area contributed by atoms with Crippen molar-refractivity contribution in [2.75, 3.05) is 19.7 Å². The molecule has 2 aliphatic rings. The molecule has 1 aromatic heterocycles. The van der Waals surface area contributed by atoms with E-state index in [0.29, 0.717) is 25.1 Å². The van der Waals surface area contributed by atoms with E-state index in [9.17, 15) is 14.7 Å². The molecule has 1 aromatic carbocycles. The fourth-order valence-electron chi connectivity index (χ4n) is 4.63. The van der Waals surface area contributed by atoms with Gasteiger partial charge in [-0.2, -0.15) is 0 Å². The number of hydrogen-bond acceptors (Lipinski definition) is 4. The van der Waals surface area contributed by atoms with Gasteiger partial charge < -0.3 is 14.9 Å². The number of amides is 2. The van der Waals surface area contributed by atoms with E-state index in [0.717, 1.165) is 5.56 Å². The van der Waals surface area contributed by atoms with Crippen LogP contribution >= 0.6 is 0 Å². The van der Waals surface area contributed by atoms with Gasteiger partial charge in [0.15, 0.2) is 0 Å². The predicted octanol–water partition coefficient (Wildman–Crippen LogP) is 1.67. The van der Waals surface area contributed by atoms with Crippen LogP contribution in [0.4, 0.5) is 0 Å². The monoisotopic (exact) mass is 365 g/mol. The minimum absolute atomic E-state index is 0.00484. The zero-order chi connectivity index (χ0) is 19.0. The number of hydrogen-bond donors (Lipinski definition) is 1. The van der Waals surface area contributed by atoms with Crippen molar-refractivity contribution in [3.8, 4) is 0 Å². The standard InChI is InChI=1S/C21H23N3O3/c1-2-18(26)23-13-21(14-23)19(15-7-4-3-5-8-15)17(12-25)24(21)20(27)16-9-6-10-22-11-16/h3-11,17,19,25H,2,12-14H2,1H3/t17-,19-/m1/s1. The van der Waals surface area contributed by atoms with Crippen LogP contribution < -0.4 is 0 Å². The van der Waals surface area contributed by atoms with Gasteiger partial charge in [0.05, 0.1) is 23.8 Å². The van der Waals surface area contributed by atoms with Crippen molar-refractivity contribution in [3.63, 3.8) is 0 Å². The SMILES string of the molecule is CCC(=O)N1CC2(C1)[C@H](c1ccccc1)[C@@H](CO)N2C(=O)c1cccnc1. The summed E-state index contributed by atoms with van der Waals surface area (Å²) in [5.41, 5.74) is 1.13. The van der Waals surface area contributed by atoms with E-state index in [1.54, 1.807) is 34.3 Å². The molecule has 2 fully saturated rings. The molecule has 6 heteroatoms. The summed E-state index contributed by atoms with van der Waals surface area (Å²) in [6, 6.07) is 13.1. The molecule has 27 heavy (non-hydrogen) atoms. The Kier molecular flexibility index (Phi) is 4.44. The quantitative estimate of drug-likeness (QED) is 0.895. The lowest BCUT2D eigenvalue weighted by Crippen LogP contribution is -2.85. The van der Waals surface area contributed by atoms with Crippen molar-refractivity contribution in [2.24, 2.45) is 0 Å². The van der Waals surface area contributed by atoms with E-state index in [-0.39, 0.29) is 30.4 Å². The van der Waals surface area contributed by atoms with Crippen LogP contribution in [0.15, 0.2) is 54.9 Å². The molecule has 3 heterocycles. The molecule has 0 aliphatic carbocycles. The number of benzene rings is 1. The van der Waals surface area contributed by atoms with E-state index in [2.05, 4.69) is 4.98 Å². The van der Waals surface area contributed by atoms with Crippen molar-refractivity contribution in [2.45, 2.75) is 30.8 Å². The Morgan fingerprint density at radius 1 is 1.19 bits per heavy atom. The highest BCUT2D eigenvalue weighted by Gasteiger charge is 2.68. The van der Waals surface area contributed by atoms with Gasteiger partial charge in [0.25, 0.3) is 5.91 Å². The molecule has 0 radical (unpaired) electrons.